The van der Waals surface area contributed by atoms with Gasteiger partial charge in [-0.3, -0.25) is 0 Å². The van der Waals surface area contributed by atoms with Gasteiger partial charge in [-0.15, -0.1) is 0 Å². The average molecular weight is 357 g/mol. The Balaban J connectivity index is 1.36. The zero-order valence-electron chi connectivity index (χ0n) is 9.49. The van der Waals surface area contributed by atoms with E-state index in [0.717, 1.165) is 25.6 Å². The lowest BCUT2D eigenvalue weighted by molar-refractivity contribution is -0.365. The molecule has 0 aromatic carbocycles. The lowest BCUT2D eigenvalue weighted by atomic mass is 9.34. The fraction of sp³-hybridized carbons (Fsp3) is 1.00. The number of piperidine rings is 1. The number of halogens is 4. The Morgan fingerprint density at radius 1 is 1.24 bits per heavy atom. The van der Waals surface area contributed by atoms with Crippen LogP contribution < -0.4 is 0 Å². The first-order valence-electron chi connectivity index (χ1n) is 6.24. The molecule has 1 saturated heterocycles. The summed E-state index contributed by atoms with van der Waals surface area (Å²) in [6, 6.07) is 0. The van der Waals surface area contributed by atoms with E-state index in [9.17, 15) is 13.2 Å². The van der Waals surface area contributed by atoms with Crippen molar-refractivity contribution in [3.8, 4) is 0 Å². The molecule has 0 aromatic heterocycles. The van der Waals surface area contributed by atoms with E-state index in [4.69, 9.17) is 0 Å². The third-order valence-corrected chi connectivity index (χ3v) is 7.09. The summed E-state index contributed by atoms with van der Waals surface area (Å²) in [4.78, 5) is 2.42. The summed E-state index contributed by atoms with van der Waals surface area (Å²) >= 11 is 2.54. The second-order valence-corrected chi connectivity index (χ2v) is 9.06. The first kappa shape index (κ1) is 11.3. The van der Waals surface area contributed by atoms with Crippen molar-refractivity contribution in [1.29, 1.82) is 0 Å². The lowest BCUT2D eigenvalue weighted by Crippen LogP contribution is -2.70. The Morgan fingerprint density at radius 2 is 1.88 bits per heavy atom. The second kappa shape index (κ2) is 2.81. The standard InChI is InChI=1S/C12H15F3IN/c13-12(14,15)10-3-9(4-10,5-10)6-17-2-8-1-11(8,16)7-17/h8H,1-7H2/t8?,9?,10?,11-/m0/s1. The van der Waals surface area contributed by atoms with Crippen molar-refractivity contribution in [3.63, 3.8) is 0 Å². The highest BCUT2D eigenvalue weighted by Crippen LogP contribution is 2.78. The van der Waals surface area contributed by atoms with Gasteiger partial charge in [-0.05, 0) is 37.0 Å². The minimum Gasteiger partial charge on any atom is -0.301 e. The van der Waals surface area contributed by atoms with Crippen LogP contribution >= 0.6 is 22.6 Å². The monoisotopic (exact) mass is 357 g/mol. The predicted octanol–water partition coefficient (Wildman–Crippen LogP) is 3.23. The second-order valence-electron chi connectivity index (χ2n) is 6.91. The zero-order valence-corrected chi connectivity index (χ0v) is 11.6. The molecule has 2 atom stereocenters. The van der Waals surface area contributed by atoms with Crippen LogP contribution in [-0.4, -0.2) is 34.1 Å². The molecule has 96 valence electrons. The molecule has 0 spiro atoms. The molecule has 17 heavy (non-hydrogen) atoms. The molecule has 0 amide bonds. The van der Waals surface area contributed by atoms with Crippen molar-refractivity contribution in [2.75, 3.05) is 19.6 Å². The smallest absolute Gasteiger partial charge is 0.301 e. The summed E-state index contributed by atoms with van der Waals surface area (Å²) in [6.45, 7) is 3.16. The van der Waals surface area contributed by atoms with E-state index in [-0.39, 0.29) is 5.41 Å². The molecule has 4 aliphatic carbocycles. The maximum Gasteiger partial charge on any atom is 0.394 e. The van der Waals surface area contributed by atoms with E-state index in [0.29, 0.717) is 22.7 Å². The van der Waals surface area contributed by atoms with Crippen LogP contribution in [-0.2, 0) is 0 Å². The molecular weight excluding hydrogens is 342 g/mol. The summed E-state index contributed by atoms with van der Waals surface area (Å²) in [5.74, 6) is 0.826. The van der Waals surface area contributed by atoms with Gasteiger partial charge in [-0.1, -0.05) is 22.6 Å². The van der Waals surface area contributed by atoms with Crippen LogP contribution in [0.15, 0.2) is 0 Å². The van der Waals surface area contributed by atoms with Crippen LogP contribution in [0.4, 0.5) is 13.2 Å². The summed E-state index contributed by atoms with van der Waals surface area (Å²) < 4.78 is 38.7. The summed E-state index contributed by atoms with van der Waals surface area (Å²) in [6.07, 6.45) is -1.42. The molecule has 1 heterocycles. The first-order valence-corrected chi connectivity index (χ1v) is 7.32. The average Bonchev–Trinajstić information content (AvgIpc) is 2.53. The van der Waals surface area contributed by atoms with Crippen molar-refractivity contribution in [2.45, 2.75) is 35.3 Å². The van der Waals surface area contributed by atoms with Crippen molar-refractivity contribution in [1.82, 2.24) is 4.90 Å². The number of likely N-dealkylation sites (tertiary alicyclic amines) is 1. The van der Waals surface area contributed by atoms with Gasteiger partial charge in [0.1, 0.15) is 0 Å². The first-order chi connectivity index (χ1) is 7.76. The topological polar surface area (TPSA) is 3.24 Å². The van der Waals surface area contributed by atoms with E-state index < -0.39 is 11.6 Å². The van der Waals surface area contributed by atoms with Crippen molar-refractivity contribution in [2.24, 2.45) is 16.7 Å². The molecule has 4 saturated carbocycles. The zero-order chi connectivity index (χ0) is 12.1. The van der Waals surface area contributed by atoms with Gasteiger partial charge in [0.2, 0.25) is 0 Å². The molecular formula is C12H15F3IN. The molecule has 5 aliphatic rings. The highest BCUT2D eigenvalue weighted by Gasteiger charge is 2.78. The van der Waals surface area contributed by atoms with Crippen LogP contribution in [0.25, 0.3) is 0 Å². The maximum absolute atomic E-state index is 12.7. The molecule has 0 aromatic rings. The maximum atomic E-state index is 12.7. The summed E-state index contributed by atoms with van der Waals surface area (Å²) in [5, 5.41) is 0. The van der Waals surface area contributed by atoms with Crippen molar-refractivity contribution < 1.29 is 13.2 Å². The molecule has 1 nitrogen and oxygen atoms in total. The van der Waals surface area contributed by atoms with Crippen LogP contribution in [0, 0.1) is 16.7 Å². The summed E-state index contributed by atoms with van der Waals surface area (Å²) in [5.41, 5.74) is -1.23. The molecule has 1 unspecified atom stereocenters. The van der Waals surface area contributed by atoms with Crippen molar-refractivity contribution in [3.05, 3.63) is 0 Å². The van der Waals surface area contributed by atoms with Crippen LogP contribution in [0.5, 0.6) is 0 Å². The SMILES string of the molecule is FC(F)(F)C12CC(CN3CC4C[C@]4(I)C3)(C1)C2. The Kier molecular flexibility index (Phi) is 1.87. The number of nitrogens with zero attached hydrogens (tertiary/aromatic N) is 1. The highest BCUT2D eigenvalue weighted by molar-refractivity contribution is 14.1. The Morgan fingerprint density at radius 3 is 2.35 bits per heavy atom. The molecule has 0 radical (unpaired) electrons. The molecule has 5 rings (SSSR count). The van der Waals surface area contributed by atoms with E-state index in [2.05, 4.69) is 27.5 Å². The third-order valence-electron chi connectivity index (χ3n) is 5.42. The van der Waals surface area contributed by atoms with Gasteiger partial charge < -0.3 is 4.90 Å². The minimum absolute atomic E-state index is 0.0410. The normalized spacial score (nSPS) is 56.1. The van der Waals surface area contributed by atoms with E-state index >= 15 is 0 Å². The molecule has 0 N–H and O–H groups in total. The molecule has 2 bridgehead atoms. The number of alkyl halides is 4. The van der Waals surface area contributed by atoms with Crippen LogP contribution in [0.2, 0.25) is 0 Å². The van der Waals surface area contributed by atoms with Crippen LogP contribution in [0.3, 0.4) is 0 Å². The minimum atomic E-state index is -3.95. The van der Waals surface area contributed by atoms with Crippen molar-refractivity contribution >= 4 is 22.6 Å². The fourth-order valence-electron chi connectivity index (χ4n) is 4.58. The summed E-state index contributed by atoms with van der Waals surface area (Å²) in [7, 11) is 0. The fourth-order valence-corrected chi connectivity index (χ4v) is 5.79. The largest absolute Gasteiger partial charge is 0.394 e. The Labute approximate surface area is 112 Å². The predicted molar refractivity (Wildman–Crippen MR) is 66.1 cm³/mol. The quantitative estimate of drug-likeness (QED) is 0.542. The number of rotatable bonds is 2. The molecule has 5 fully saturated rings. The van der Waals surface area contributed by atoms with Gasteiger partial charge in [0.25, 0.3) is 0 Å². The molecule has 1 aliphatic heterocycles. The number of hydrogen-bond donors (Lipinski definition) is 0. The van der Waals surface area contributed by atoms with Gasteiger partial charge in [-0.2, -0.15) is 13.2 Å². The number of fused-ring (bicyclic) bond motifs is 1. The number of hydrogen-bond acceptors (Lipinski definition) is 1. The van der Waals surface area contributed by atoms with Crippen LogP contribution in [0.1, 0.15) is 25.7 Å². The van der Waals surface area contributed by atoms with Gasteiger partial charge in [0.15, 0.2) is 0 Å². The highest BCUT2D eigenvalue weighted by atomic mass is 127. The van der Waals surface area contributed by atoms with Gasteiger partial charge in [0, 0.05) is 23.1 Å². The Hall–Kier alpha value is 0.480. The van der Waals surface area contributed by atoms with Gasteiger partial charge in [-0.25, -0.2) is 0 Å². The van der Waals surface area contributed by atoms with Gasteiger partial charge in [0.05, 0.1) is 5.41 Å². The third kappa shape index (κ3) is 1.36. The molecule has 5 heteroatoms. The Bertz CT molecular complexity index is 374. The lowest BCUT2D eigenvalue weighted by Gasteiger charge is -2.71. The van der Waals surface area contributed by atoms with E-state index in [1.165, 1.54) is 6.42 Å². The van der Waals surface area contributed by atoms with E-state index in [1.54, 1.807) is 0 Å². The van der Waals surface area contributed by atoms with E-state index in [1.807, 2.05) is 0 Å². The van der Waals surface area contributed by atoms with Gasteiger partial charge >= 0.3 is 6.18 Å².